The molecule has 0 radical (unpaired) electrons. The van der Waals surface area contributed by atoms with Crippen LogP contribution in [-0.4, -0.2) is 18.5 Å². The van der Waals surface area contributed by atoms with E-state index in [2.05, 4.69) is 5.16 Å². The molecule has 0 aliphatic carbocycles. The molecule has 0 N–H and O–H groups in total. The molecule has 0 bridgehead atoms. The fourth-order valence-electron chi connectivity index (χ4n) is 3.06. The van der Waals surface area contributed by atoms with Gasteiger partial charge in [-0.1, -0.05) is 53.2 Å². The number of benzene rings is 3. The summed E-state index contributed by atoms with van der Waals surface area (Å²) in [5.74, 6) is 0.0318. The molecule has 1 heterocycles. The maximum Gasteiger partial charge on any atom is 0.269 e. The summed E-state index contributed by atoms with van der Waals surface area (Å²) in [5, 5.41) is 15.0. The van der Waals surface area contributed by atoms with Gasteiger partial charge in [-0.25, -0.2) is 8.42 Å². The van der Waals surface area contributed by atoms with Gasteiger partial charge in [0.1, 0.15) is 10.6 Å². The van der Waals surface area contributed by atoms with Gasteiger partial charge >= 0.3 is 0 Å². The van der Waals surface area contributed by atoms with Crippen LogP contribution in [0.25, 0.3) is 22.6 Å². The summed E-state index contributed by atoms with van der Waals surface area (Å²) in [6, 6.07) is 20.8. The van der Waals surface area contributed by atoms with E-state index in [1.165, 1.54) is 36.4 Å². The summed E-state index contributed by atoms with van der Waals surface area (Å²) in [6.07, 6.45) is 0. The first-order valence-electron chi connectivity index (χ1n) is 8.99. The van der Waals surface area contributed by atoms with E-state index < -0.39 is 14.8 Å². The van der Waals surface area contributed by atoms with Crippen molar-refractivity contribution < 1.29 is 17.9 Å². The summed E-state index contributed by atoms with van der Waals surface area (Å²) in [4.78, 5) is 10.5. The molecule has 0 saturated carbocycles. The fourth-order valence-corrected chi connectivity index (χ4v) is 4.60. The number of hydrogen-bond donors (Lipinski definition) is 0. The third kappa shape index (κ3) is 3.48. The van der Waals surface area contributed by atoms with Crippen molar-refractivity contribution >= 4 is 15.5 Å². The molecule has 0 fully saturated rings. The van der Waals surface area contributed by atoms with Gasteiger partial charge in [0.2, 0.25) is 9.84 Å². The molecule has 8 heteroatoms. The molecule has 4 rings (SSSR count). The van der Waals surface area contributed by atoms with Gasteiger partial charge in [0.15, 0.2) is 5.76 Å². The number of aryl methyl sites for hydroxylation is 1. The van der Waals surface area contributed by atoms with Crippen molar-refractivity contribution in [3.63, 3.8) is 0 Å². The molecule has 0 saturated heterocycles. The van der Waals surface area contributed by atoms with Crippen LogP contribution < -0.4 is 0 Å². The van der Waals surface area contributed by atoms with Crippen molar-refractivity contribution in [3.05, 3.63) is 94.5 Å². The first-order chi connectivity index (χ1) is 14.4. The number of rotatable bonds is 5. The maximum absolute atomic E-state index is 13.6. The number of aromatic nitrogens is 1. The molecule has 0 unspecified atom stereocenters. The average Bonchev–Trinajstić information content (AvgIpc) is 3.21. The van der Waals surface area contributed by atoms with Gasteiger partial charge in [0, 0.05) is 23.3 Å². The number of nitrogens with zero attached hydrogens (tertiary/aromatic N) is 2. The maximum atomic E-state index is 13.6. The number of non-ortho nitro benzene ring substituents is 1. The average molecular weight is 420 g/mol. The van der Waals surface area contributed by atoms with Gasteiger partial charge in [0.25, 0.3) is 5.69 Å². The van der Waals surface area contributed by atoms with Crippen molar-refractivity contribution in [2.45, 2.75) is 16.7 Å². The molecule has 0 atom stereocenters. The molecule has 0 aliphatic heterocycles. The lowest BCUT2D eigenvalue weighted by Gasteiger charge is -2.07. The van der Waals surface area contributed by atoms with Crippen LogP contribution >= 0.6 is 0 Å². The molecule has 4 aromatic rings. The van der Waals surface area contributed by atoms with Crippen LogP contribution in [0.15, 0.2) is 93.2 Å². The van der Waals surface area contributed by atoms with E-state index in [-0.39, 0.29) is 26.9 Å². The lowest BCUT2D eigenvalue weighted by atomic mass is 10.1. The summed E-state index contributed by atoms with van der Waals surface area (Å²) in [6.45, 7) is 1.87. The second-order valence-corrected chi connectivity index (χ2v) is 8.56. The van der Waals surface area contributed by atoms with Gasteiger partial charge in [-0.3, -0.25) is 10.1 Å². The van der Waals surface area contributed by atoms with Gasteiger partial charge in [0.05, 0.1) is 9.82 Å². The highest BCUT2D eigenvalue weighted by atomic mass is 32.2. The van der Waals surface area contributed by atoms with E-state index in [4.69, 9.17) is 4.52 Å². The second-order valence-electron chi connectivity index (χ2n) is 6.68. The topological polar surface area (TPSA) is 103 Å². The first-order valence-corrected chi connectivity index (χ1v) is 10.5. The van der Waals surface area contributed by atoms with E-state index in [9.17, 15) is 18.5 Å². The SMILES string of the molecule is Cc1ccc(S(=O)(=O)c2c(-c3ccccc3)noc2-c2ccc([N+](=O)[O-])cc2)cc1. The van der Waals surface area contributed by atoms with Crippen LogP contribution in [-0.2, 0) is 9.84 Å². The van der Waals surface area contributed by atoms with Crippen molar-refractivity contribution in [1.29, 1.82) is 0 Å². The van der Waals surface area contributed by atoms with E-state index in [1.807, 2.05) is 13.0 Å². The Bertz CT molecular complexity index is 1310. The normalized spacial score (nSPS) is 11.4. The summed E-state index contributed by atoms with van der Waals surface area (Å²) < 4.78 is 32.6. The van der Waals surface area contributed by atoms with E-state index >= 15 is 0 Å². The number of nitro benzene ring substituents is 1. The number of hydrogen-bond acceptors (Lipinski definition) is 6. The zero-order chi connectivity index (χ0) is 21.3. The molecule has 0 amide bonds. The molecule has 7 nitrogen and oxygen atoms in total. The Labute approximate surface area is 172 Å². The Morgan fingerprint density at radius 1 is 0.867 bits per heavy atom. The third-order valence-electron chi connectivity index (χ3n) is 4.64. The molecule has 0 spiro atoms. The molecular weight excluding hydrogens is 404 g/mol. The van der Waals surface area contributed by atoms with Gasteiger partial charge in [-0.15, -0.1) is 0 Å². The Balaban J connectivity index is 1.95. The van der Waals surface area contributed by atoms with Crippen LogP contribution in [0, 0.1) is 17.0 Å². The van der Waals surface area contributed by atoms with E-state index in [1.54, 1.807) is 36.4 Å². The van der Waals surface area contributed by atoms with Gasteiger partial charge in [-0.05, 0) is 31.2 Å². The fraction of sp³-hybridized carbons (Fsp3) is 0.0455. The zero-order valence-corrected chi connectivity index (χ0v) is 16.7. The standard InChI is InChI=1S/C22H16N2O5S/c1-15-7-13-19(14-8-15)30(27,28)22-20(16-5-3-2-4-6-16)23-29-21(22)17-9-11-18(12-10-17)24(25)26/h2-14H,1H3. The minimum absolute atomic E-state index is 0.0318. The summed E-state index contributed by atoms with van der Waals surface area (Å²) in [5.41, 5.74) is 1.97. The highest BCUT2D eigenvalue weighted by Crippen LogP contribution is 2.39. The highest BCUT2D eigenvalue weighted by Gasteiger charge is 2.31. The molecular formula is C22H16N2O5S. The molecule has 30 heavy (non-hydrogen) atoms. The lowest BCUT2D eigenvalue weighted by Crippen LogP contribution is -2.04. The Morgan fingerprint density at radius 3 is 2.10 bits per heavy atom. The molecule has 1 aromatic heterocycles. The predicted molar refractivity (Wildman–Crippen MR) is 111 cm³/mol. The molecule has 3 aromatic carbocycles. The predicted octanol–water partition coefficient (Wildman–Crippen LogP) is 5.06. The van der Waals surface area contributed by atoms with Gasteiger partial charge < -0.3 is 4.52 Å². The van der Waals surface area contributed by atoms with Crippen molar-refractivity contribution in [3.8, 4) is 22.6 Å². The van der Waals surface area contributed by atoms with Crippen LogP contribution in [0.4, 0.5) is 5.69 Å². The van der Waals surface area contributed by atoms with E-state index in [0.717, 1.165) is 5.56 Å². The summed E-state index contributed by atoms with van der Waals surface area (Å²) in [7, 11) is -3.99. The van der Waals surface area contributed by atoms with Crippen molar-refractivity contribution in [2.75, 3.05) is 0 Å². The highest BCUT2D eigenvalue weighted by molar-refractivity contribution is 7.91. The third-order valence-corrected chi connectivity index (χ3v) is 6.45. The van der Waals surface area contributed by atoms with Crippen LogP contribution in [0.5, 0.6) is 0 Å². The van der Waals surface area contributed by atoms with Crippen LogP contribution in [0.2, 0.25) is 0 Å². The van der Waals surface area contributed by atoms with Crippen molar-refractivity contribution in [1.82, 2.24) is 5.16 Å². The van der Waals surface area contributed by atoms with Crippen LogP contribution in [0.1, 0.15) is 5.56 Å². The van der Waals surface area contributed by atoms with Gasteiger partial charge in [-0.2, -0.15) is 0 Å². The minimum atomic E-state index is -3.99. The monoisotopic (exact) mass is 420 g/mol. The number of sulfone groups is 1. The van der Waals surface area contributed by atoms with Crippen molar-refractivity contribution in [2.24, 2.45) is 0 Å². The molecule has 150 valence electrons. The largest absolute Gasteiger partial charge is 0.354 e. The van der Waals surface area contributed by atoms with Crippen LogP contribution in [0.3, 0.4) is 0 Å². The minimum Gasteiger partial charge on any atom is -0.354 e. The summed E-state index contributed by atoms with van der Waals surface area (Å²) >= 11 is 0. The van der Waals surface area contributed by atoms with E-state index in [0.29, 0.717) is 11.1 Å². The Kier molecular flexibility index (Phi) is 4.93. The molecule has 0 aliphatic rings. The quantitative estimate of drug-likeness (QED) is 0.330. The zero-order valence-electron chi connectivity index (χ0n) is 15.8. The smallest absolute Gasteiger partial charge is 0.269 e. The number of nitro groups is 1. The lowest BCUT2D eigenvalue weighted by molar-refractivity contribution is -0.384. The second kappa shape index (κ2) is 7.57. The Morgan fingerprint density at radius 2 is 1.50 bits per heavy atom. The Hall–Kier alpha value is -3.78. The first kappa shape index (κ1) is 19.5.